The Bertz CT molecular complexity index is 140. The van der Waals surface area contributed by atoms with Crippen LogP contribution in [0.15, 0.2) is 0 Å². The predicted molar refractivity (Wildman–Crippen MR) is 50.1 cm³/mol. The molecule has 0 bridgehead atoms. The number of hydrogen-bond donors (Lipinski definition) is 2. The summed E-state index contributed by atoms with van der Waals surface area (Å²) in [4.78, 5) is 20.1. The molecular weight excluding hydrogens is 199 g/mol. The monoisotopic (exact) mass is 214 g/mol. The molecule has 4 nitrogen and oxygen atoms in total. The van der Waals surface area contributed by atoms with Crippen LogP contribution in [-0.2, 0) is 9.59 Å². The molecule has 0 unspecified atom stereocenters. The van der Waals surface area contributed by atoms with Gasteiger partial charge in [-0.05, 0) is 12.8 Å². The Balaban J connectivity index is 0. The summed E-state index contributed by atoms with van der Waals surface area (Å²) in [5.41, 5.74) is 0. The predicted octanol–water partition coefficient (Wildman–Crippen LogP) is 0.848. The Hall–Kier alpha value is 0.576. The van der Waals surface area contributed by atoms with E-state index in [1.807, 2.05) is 0 Å². The summed E-state index contributed by atoms with van der Waals surface area (Å²) < 4.78 is 0. The topological polar surface area (TPSA) is 74.6 Å². The second-order valence-electron chi connectivity index (χ2n) is 2.70. The van der Waals surface area contributed by atoms with E-state index in [0.717, 1.165) is 12.8 Å². The summed E-state index contributed by atoms with van der Waals surface area (Å²) in [5.74, 6) is -1.57. The van der Waals surface area contributed by atoms with Gasteiger partial charge in [0.2, 0.25) is 0 Å². The van der Waals surface area contributed by atoms with Crippen molar-refractivity contribution >= 4 is 63.3 Å². The van der Waals surface area contributed by atoms with Gasteiger partial charge in [-0.15, -0.1) is 0 Å². The van der Waals surface area contributed by atoms with E-state index in [-0.39, 0.29) is 64.2 Å². The van der Waals surface area contributed by atoms with Gasteiger partial charge in [0.05, 0.1) is 0 Å². The molecule has 0 rings (SSSR count). The standard InChI is InChI=1S/C8H14O4.K.H/c9-7(10)5-3-1-2-4-6-8(11)12;;/h1-6H2,(H,9,10)(H,11,12);;. The molecular formula is C8H15KO4. The Morgan fingerprint density at radius 2 is 1.08 bits per heavy atom. The average molecular weight is 214 g/mol. The van der Waals surface area contributed by atoms with Crippen LogP contribution in [0.1, 0.15) is 38.5 Å². The summed E-state index contributed by atoms with van der Waals surface area (Å²) in [5, 5.41) is 16.5. The molecule has 0 aromatic carbocycles. The fraction of sp³-hybridized carbons (Fsp3) is 0.750. The van der Waals surface area contributed by atoms with E-state index in [0.29, 0.717) is 12.8 Å². The molecule has 2 N–H and O–H groups in total. The van der Waals surface area contributed by atoms with Crippen LogP contribution in [0.3, 0.4) is 0 Å². The van der Waals surface area contributed by atoms with E-state index in [4.69, 9.17) is 10.2 Å². The summed E-state index contributed by atoms with van der Waals surface area (Å²) in [6, 6.07) is 0. The molecule has 13 heavy (non-hydrogen) atoms. The van der Waals surface area contributed by atoms with Gasteiger partial charge in [-0.2, -0.15) is 0 Å². The number of carbonyl (C=O) groups is 2. The van der Waals surface area contributed by atoms with E-state index in [2.05, 4.69) is 0 Å². The number of rotatable bonds is 7. The molecule has 0 aliphatic heterocycles. The average Bonchev–Trinajstić information content (AvgIpc) is 1.95. The van der Waals surface area contributed by atoms with Crippen molar-refractivity contribution in [3.8, 4) is 0 Å². The molecule has 72 valence electrons. The van der Waals surface area contributed by atoms with Crippen LogP contribution in [0.25, 0.3) is 0 Å². The van der Waals surface area contributed by atoms with Crippen molar-refractivity contribution in [2.45, 2.75) is 38.5 Å². The van der Waals surface area contributed by atoms with Crippen molar-refractivity contribution in [3.63, 3.8) is 0 Å². The van der Waals surface area contributed by atoms with Crippen molar-refractivity contribution in [2.75, 3.05) is 0 Å². The van der Waals surface area contributed by atoms with Gasteiger partial charge in [-0.1, -0.05) is 12.8 Å². The van der Waals surface area contributed by atoms with E-state index >= 15 is 0 Å². The molecule has 0 fully saturated rings. The number of hydrogen-bond acceptors (Lipinski definition) is 2. The SMILES string of the molecule is O=C(O)CCCCCCC(=O)O.[KH]. The van der Waals surface area contributed by atoms with Gasteiger partial charge >= 0.3 is 63.3 Å². The molecule has 0 amide bonds. The summed E-state index contributed by atoms with van der Waals surface area (Å²) in [6.07, 6.45) is 3.28. The van der Waals surface area contributed by atoms with Crippen molar-refractivity contribution in [1.29, 1.82) is 0 Å². The van der Waals surface area contributed by atoms with Crippen LogP contribution in [0, 0.1) is 0 Å². The fourth-order valence-electron chi connectivity index (χ4n) is 0.906. The van der Waals surface area contributed by atoms with Crippen LogP contribution in [-0.4, -0.2) is 73.5 Å². The molecule has 0 spiro atoms. The molecule has 0 saturated carbocycles. The normalized spacial score (nSPS) is 8.92. The molecule has 5 heteroatoms. The summed E-state index contributed by atoms with van der Waals surface area (Å²) in [6.45, 7) is 0. The van der Waals surface area contributed by atoms with E-state index in [9.17, 15) is 9.59 Å². The first kappa shape index (κ1) is 16.0. The third kappa shape index (κ3) is 15.3. The zero-order valence-corrected chi connectivity index (χ0v) is 6.95. The number of carboxylic acid groups (broad SMARTS) is 2. The van der Waals surface area contributed by atoms with Crippen LogP contribution in [0.2, 0.25) is 0 Å². The van der Waals surface area contributed by atoms with Gasteiger partial charge < -0.3 is 10.2 Å². The number of aliphatic carboxylic acids is 2. The second-order valence-corrected chi connectivity index (χ2v) is 2.70. The molecule has 0 atom stereocenters. The van der Waals surface area contributed by atoms with Crippen LogP contribution < -0.4 is 0 Å². The van der Waals surface area contributed by atoms with Gasteiger partial charge in [0.25, 0.3) is 0 Å². The minimum atomic E-state index is -0.784. The van der Waals surface area contributed by atoms with Crippen molar-refractivity contribution in [1.82, 2.24) is 0 Å². The molecule has 0 radical (unpaired) electrons. The van der Waals surface area contributed by atoms with Crippen molar-refractivity contribution in [3.05, 3.63) is 0 Å². The first-order chi connectivity index (χ1) is 5.63. The van der Waals surface area contributed by atoms with Gasteiger partial charge in [0, 0.05) is 12.8 Å². The zero-order valence-electron chi connectivity index (χ0n) is 6.95. The van der Waals surface area contributed by atoms with Gasteiger partial charge in [0.1, 0.15) is 0 Å². The van der Waals surface area contributed by atoms with Gasteiger partial charge in [0.15, 0.2) is 0 Å². The minimum absolute atomic E-state index is 0. The van der Waals surface area contributed by atoms with E-state index < -0.39 is 11.9 Å². The second kappa shape index (κ2) is 10.7. The third-order valence-corrected chi connectivity index (χ3v) is 1.53. The van der Waals surface area contributed by atoms with E-state index in [1.54, 1.807) is 0 Å². The van der Waals surface area contributed by atoms with Crippen LogP contribution >= 0.6 is 0 Å². The Kier molecular flexibility index (Phi) is 13.1. The maximum atomic E-state index is 10.0. The zero-order chi connectivity index (χ0) is 9.40. The number of unbranched alkanes of at least 4 members (excludes halogenated alkanes) is 3. The van der Waals surface area contributed by atoms with Crippen molar-refractivity contribution < 1.29 is 19.8 Å². The van der Waals surface area contributed by atoms with Crippen LogP contribution in [0.5, 0.6) is 0 Å². The molecule has 0 aromatic rings. The summed E-state index contributed by atoms with van der Waals surface area (Å²) >= 11 is 0. The maximum absolute atomic E-state index is 10.0. The Labute approximate surface area is 120 Å². The van der Waals surface area contributed by atoms with E-state index in [1.165, 1.54) is 0 Å². The summed E-state index contributed by atoms with van der Waals surface area (Å²) in [7, 11) is 0. The molecule has 0 aliphatic rings. The Morgan fingerprint density at radius 3 is 1.31 bits per heavy atom. The molecule has 0 saturated heterocycles. The van der Waals surface area contributed by atoms with Gasteiger partial charge in [-0.25, -0.2) is 0 Å². The first-order valence-corrected chi connectivity index (χ1v) is 4.06. The third-order valence-electron chi connectivity index (χ3n) is 1.53. The van der Waals surface area contributed by atoms with Crippen LogP contribution in [0.4, 0.5) is 0 Å². The molecule has 0 heterocycles. The first-order valence-electron chi connectivity index (χ1n) is 4.06. The number of carboxylic acids is 2. The molecule has 0 aliphatic carbocycles. The Morgan fingerprint density at radius 1 is 0.769 bits per heavy atom. The quantitative estimate of drug-likeness (QED) is 0.486. The molecule has 0 aromatic heterocycles. The van der Waals surface area contributed by atoms with Gasteiger partial charge in [-0.3, -0.25) is 9.59 Å². The van der Waals surface area contributed by atoms with Crippen molar-refractivity contribution in [2.24, 2.45) is 0 Å². The fourth-order valence-corrected chi connectivity index (χ4v) is 0.906.